The van der Waals surface area contributed by atoms with E-state index in [1.165, 1.54) is 43.4 Å². The summed E-state index contributed by atoms with van der Waals surface area (Å²) in [5, 5.41) is 53.4. The SMILES string of the molecule is CC(C)C[C@H](NC(=O)[C@H](Cc1ccc([N+](=O)[O-])cc1)NC(=O)CNC(=O)CN(C)C(=O)[C@@H](N)Cc1ccc(O)cc1)C(=O)N[C@H](CCCNC(=N)N)C(=O)N[C@@H](CCCNC(=N)N)C(N)=O. The molecule has 2 aromatic carbocycles. The zero-order chi connectivity index (χ0) is 49.5. The molecule has 0 aliphatic heterocycles. The minimum Gasteiger partial charge on any atom is -0.508 e. The fourth-order valence-electron chi connectivity index (χ4n) is 6.36. The van der Waals surface area contributed by atoms with E-state index in [1.54, 1.807) is 26.0 Å². The molecule has 0 heterocycles. The van der Waals surface area contributed by atoms with Crippen molar-refractivity contribution < 1.29 is 43.6 Å². The lowest BCUT2D eigenvalue weighted by molar-refractivity contribution is -0.384. The van der Waals surface area contributed by atoms with Crippen LogP contribution in [0.5, 0.6) is 5.75 Å². The number of hydrogen-bond donors (Lipinski definition) is 14. The number of rotatable bonds is 28. The van der Waals surface area contributed by atoms with Gasteiger partial charge in [0.05, 0.1) is 24.1 Å². The Kier molecular flexibility index (Phi) is 22.8. The average Bonchev–Trinajstić information content (AvgIpc) is 3.24. The summed E-state index contributed by atoms with van der Waals surface area (Å²) in [7, 11) is 1.35. The van der Waals surface area contributed by atoms with E-state index in [2.05, 4.69) is 37.2 Å². The maximum atomic E-state index is 14.0. The number of phenolic OH excluding ortho intramolecular Hbond substituents is 1. The molecule has 0 aliphatic carbocycles. The van der Waals surface area contributed by atoms with E-state index in [9.17, 15) is 48.8 Å². The van der Waals surface area contributed by atoms with Gasteiger partial charge in [0.25, 0.3) is 5.69 Å². The fourth-order valence-corrected chi connectivity index (χ4v) is 6.36. The Morgan fingerprint density at radius 3 is 1.71 bits per heavy atom. The summed E-state index contributed by atoms with van der Waals surface area (Å²) in [6, 6.07) is 5.12. The number of carbonyl (C=O) groups excluding carboxylic acids is 7. The third kappa shape index (κ3) is 20.7. The van der Waals surface area contributed by atoms with Gasteiger partial charge in [-0.25, -0.2) is 0 Å². The van der Waals surface area contributed by atoms with E-state index in [0.717, 1.165) is 4.90 Å². The van der Waals surface area contributed by atoms with Gasteiger partial charge in [0.15, 0.2) is 11.9 Å². The van der Waals surface area contributed by atoms with Crippen molar-refractivity contribution >= 4 is 59.0 Å². The second-order valence-electron chi connectivity index (χ2n) is 15.9. The number of non-ortho nitro benzene ring substituents is 1. The molecule has 7 amide bonds. The highest BCUT2D eigenvalue weighted by atomic mass is 16.6. The van der Waals surface area contributed by atoms with Crippen LogP contribution in [0.25, 0.3) is 0 Å². The number of nitrogens with two attached hydrogens (primary N) is 4. The van der Waals surface area contributed by atoms with Crippen LogP contribution >= 0.6 is 0 Å². The van der Waals surface area contributed by atoms with Crippen LogP contribution < -0.4 is 60.2 Å². The molecule has 0 aromatic heterocycles. The molecule has 0 fully saturated rings. The highest BCUT2D eigenvalue weighted by Gasteiger charge is 2.32. The zero-order valence-electron chi connectivity index (χ0n) is 37.2. The number of nitrogens with zero attached hydrogens (tertiary/aromatic N) is 2. The second-order valence-corrected chi connectivity index (χ2v) is 15.9. The smallest absolute Gasteiger partial charge is 0.269 e. The molecule has 18 N–H and O–H groups in total. The third-order valence-electron chi connectivity index (χ3n) is 9.75. The molecule has 0 radical (unpaired) electrons. The van der Waals surface area contributed by atoms with Gasteiger partial charge in [0.1, 0.15) is 29.9 Å². The summed E-state index contributed by atoms with van der Waals surface area (Å²) in [4.78, 5) is 105. The quantitative estimate of drug-likeness (QED) is 0.0133. The lowest BCUT2D eigenvalue weighted by atomic mass is 10.00. The second kappa shape index (κ2) is 27.6. The number of phenols is 1. The number of aromatic hydroxyl groups is 1. The monoisotopic (exact) mass is 925 g/mol. The van der Waals surface area contributed by atoms with Crippen LogP contribution in [0.1, 0.15) is 57.1 Å². The lowest BCUT2D eigenvalue weighted by Crippen LogP contribution is -2.59. The molecule has 0 unspecified atom stereocenters. The molecule has 2 rings (SSSR count). The maximum Gasteiger partial charge on any atom is 0.269 e. The minimum absolute atomic E-state index is 0.0152. The van der Waals surface area contributed by atoms with Gasteiger partial charge < -0.3 is 70.2 Å². The number of primary amides is 1. The van der Waals surface area contributed by atoms with Crippen LogP contribution in [0.3, 0.4) is 0 Å². The van der Waals surface area contributed by atoms with Gasteiger partial charge in [0.2, 0.25) is 41.4 Å². The molecular weight excluding hydrogens is 863 g/mol. The van der Waals surface area contributed by atoms with Gasteiger partial charge >= 0.3 is 0 Å². The van der Waals surface area contributed by atoms with E-state index in [0.29, 0.717) is 11.1 Å². The van der Waals surface area contributed by atoms with Crippen LogP contribution in [-0.4, -0.2) is 132 Å². The molecule has 66 heavy (non-hydrogen) atoms. The first-order chi connectivity index (χ1) is 31.1. The Hall–Kier alpha value is -7.57. The Balaban J connectivity index is 2.26. The van der Waals surface area contributed by atoms with Gasteiger partial charge in [-0.3, -0.25) is 54.5 Å². The fraction of sp³-hybridized carbons (Fsp3) is 0.488. The zero-order valence-corrected chi connectivity index (χ0v) is 37.2. The molecule has 362 valence electrons. The van der Waals surface area contributed by atoms with Gasteiger partial charge in [-0.05, 0) is 67.7 Å². The van der Waals surface area contributed by atoms with Gasteiger partial charge in [-0.1, -0.05) is 38.1 Å². The average molecular weight is 926 g/mol. The Labute approximate surface area is 381 Å². The van der Waals surface area contributed by atoms with E-state index in [1.807, 2.05) is 0 Å². The Bertz CT molecular complexity index is 2020. The third-order valence-corrected chi connectivity index (χ3v) is 9.75. The number of nitro benzene ring substituents is 1. The first-order valence-corrected chi connectivity index (χ1v) is 21.0. The number of carbonyl (C=O) groups is 7. The molecule has 25 nitrogen and oxygen atoms in total. The van der Waals surface area contributed by atoms with E-state index in [4.69, 9.17) is 33.8 Å². The summed E-state index contributed by atoms with van der Waals surface area (Å²) in [5.74, 6) is -6.21. The molecule has 2 aromatic rings. The molecule has 0 saturated heterocycles. The van der Waals surface area contributed by atoms with Crippen LogP contribution in [0.2, 0.25) is 0 Å². The first kappa shape index (κ1) is 54.6. The van der Waals surface area contributed by atoms with Crippen molar-refractivity contribution in [2.45, 2.75) is 89.0 Å². The molecule has 0 aliphatic rings. The highest BCUT2D eigenvalue weighted by Crippen LogP contribution is 2.15. The molecule has 0 spiro atoms. The molecule has 0 bridgehead atoms. The molecular formula is C41H63N15O10. The summed E-state index contributed by atoms with van der Waals surface area (Å²) in [6.45, 7) is 2.79. The molecule has 5 atom stereocenters. The number of nitrogens with one attached hydrogen (secondary N) is 9. The lowest BCUT2D eigenvalue weighted by Gasteiger charge is -2.27. The van der Waals surface area contributed by atoms with Crippen LogP contribution in [0.15, 0.2) is 48.5 Å². The van der Waals surface area contributed by atoms with E-state index in [-0.39, 0.29) is 87.3 Å². The number of amides is 7. The molecule has 25 heteroatoms. The van der Waals surface area contributed by atoms with Crippen molar-refractivity contribution in [1.82, 2.24) is 42.1 Å². The standard InChI is InChI=1S/C41H63N15O10/c1-23(2)18-31(37(62)53-30(7-5-17-49-41(46)47)36(61)52-29(35(43)60)6-4-16-48-40(44)45)54-38(63)32(20-25-8-12-26(13-9-25)56(65)66)51-33(58)21-50-34(59)22-55(3)39(64)28(42)19-24-10-14-27(57)15-11-24/h8-15,23,28-32,57H,4-7,16-22,42H2,1-3H3,(H2,43,60)(H,50,59)(H,51,58)(H,52,61)(H,53,62)(H,54,63)(H4,44,45,48)(H4,46,47,49)/t28-,29-,30+,31-,32-/m0/s1. The van der Waals surface area contributed by atoms with Crippen molar-refractivity contribution in [3.05, 3.63) is 69.8 Å². The Morgan fingerprint density at radius 1 is 0.697 bits per heavy atom. The van der Waals surface area contributed by atoms with E-state index >= 15 is 0 Å². The van der Waals surface area contributed by atoms with Gasteiger partial charge in [0, 0.05) is 38.7 Å². The maximum absolute atomic E-state index is 14.0. The summed E-state index contributed by atoms with van der Waals surface area (Å²) in [5.41, 5.74) is 23.1. The highest BCUT2D eigenvalue weighted by molar-refractivity contribution is 5.96. The predicted octanol–water partition coefficient (Wildman–Crippen LogP) is -3.02. The van der Waals surface area contributed by atoms with Crippen molar-refractivity contribution in [2.24, 2.45) is 28.9 Å². The summed E-state index contributed by atoms with van der Waals surface area (Å²) >= 11 is 0. The van der Waals surface area contributed by atoms with Gasteiger partial charge in [-0.15, -0.1) is 0 Å². The molecule has 0 saturated carbocycles. The van der Waals surface area contributed by atoms with Crippen molar-refractivity contribution in [3.8, 4) is 5.75 Å². The minimum atomic E-state index is -1.41. The first-order valence-electron chi connectivity index (χ1n) is 21.0. The number of likely N-dealkylation sites (N-methyl/N-ethyl adjacent to an activating group) is 1. The van der Waals surface area contributed by atoms with E-state index < -0.39 is 89.6 Å². The van der Waals surface area contributed by atoms with Crippen molar-refractivity contribution in [1.29, 1.82) is 10.8 Å². The van der Waals surface area contributed by atoms with Crippen molar-refractivity contribution in [2.75, 3.05) is 33.2 Å². The van der Waals surface area contributed by atoms with Crippen molar-refractivity contribution in [3.63, 3.8) is 0 Å². The summed E-state index contributed by atoms with van der Waals surface area (Å²) in [6.07, 6.45) is 0.505. The number of hydrogen-bond acceptors (Lipinski definition) is 13. The number of benzene rings is 2. The van der Waals surface area contributed by atoms with Gasteiger partial charge in [-0.2, -0.15) is 0 Å². The number of guanidine groups is 2. The van der Waals surface area contributed by atoms with Crippen LogP contribution in [0.4, 0.5) is 5.69 Å². The Morgan fingerprint density at radius 2 is 1.18 bits per heavy atom. The topological polar surface area (TPSA) is 422 Å². The van der Waals surface area contributed by atoms with Crippen LogP contribution in [-0.2, 0) is 46.4 Å². The predicted molar refractivity (Wildman–Crippen MR) is 242 cm³/mol. The summed E-state index contributed by atoms with van der Waals surface area (Å²) < 4.78 is 0. The van der Waals surface area contributed by atoms with Crippen LogP contribution in [0, 0.1) is 26.9 Å². The number of nitro groups is 1. The largest absolute Gasteiger partial charge is 0.508 e. The normalized spacial score (nSPS) is 13.0.